The van der Waals surface area contributed by atoms with Crippen LogP contribution < -0.4 is 0 Å². The normalized spacial score (nSPS) is 11.4. The lowest BCUT2D eigenvalue weighted by molar-refractivity contribution is 0.0689. The van der Waals surface area contributed by atoms with Crippen molar-refractivity contribution in [2.24, 2.45) is 0 Å². The molecule has 1 aromatic rings. The van der Waals surface area contributed by atoms with Crippen LogP contribution >= 0.6 is 34.8 Å². The predicted molar refractivity (Wildman–Crippen MR) is 53.0 cm³/mol. The molecule has 0 aromatic carbocycles. The molecule has 1 aromatic heterocycles. The van der Waals surface area contributed by atoms with Gasteiger partial charge >= 0.3 is 5.97 Å². The van der Waals surface area contributed by atoms with Gasteiger partial charge in [0, 0.05) is 11.8 Å². The lowest BCUT2D eigenvalue weighted by Gasteiger charge is -2.09. The number of carboxylic acids is 1. The fraction of sp³-hybridized carbons (Fsp3) is 0.286. The number of halogens is 3. The number of aromatic carboxylic acids is 1. The van der Waals surface area contributed by atoms with Crippen molar-refractivity contribution in [1.29, 1.82) is 0 Å². The summed E-state index contributed by atoms with van der Waals surface area (Å²) >= 11 is 16.5. The molecule has 0 radical (unpaired) electrons. The molecule has 0 aliphatic heterocycles. The van der Waals surface area contributed by atoms with Crippen molar-refractivity contribution in [3.05, 3.63) is 23.3 Å². The molecule has 0 spiro atoms. The molecular weight excluding hydrogens is 250 g/mol. The van der Waals surface area contributed by atoms with Crippen LogP contribution in [0.15, 0.2) is 6.20 Å². The summed E-state index contributed by atoms with van der Waals surface area (Å²) in [6.07, 6.45) is 1.30. The maximum atomic E-state index is 10.7. The minimum absolute atomic E-state index is 0.148. The van der Waals surface area contributed by atoms with E-state index in [0.29, 0.717) is 5.56 Å². The molecule has 0 unspecified atom stereocenters. The second-order valence-electron chi connectivity index (χ2n) is 2.53. The molecule has 1 heterocycles. The van der Waals surface area contributed by atoms with Crippen molar-refractivity contribution in [2.75, 3.05) is 0 Å². The minimum Gasteiger partial charge on any atom is -0.477 e. The third kappa shape index (κ3) is 2.47. The van der Waals surface area contributed by atoms with Gasteiger partial charge in [0.15, 0.2) is 11.5 Å². The van der Waals surface area contributed by atoms with Gasteiger partial charge in [-0.1, -0.05) is 34.8 Å². The molecule has 76 valence electrons. The first-order chi connectivity index (χ1) is 6.32. The molecule has 7 heteroatoms. The maximum Gasteiger partial charge on any atom is 0.354 e. The van der Waals surface area contributed by atoms with Crippen molar-refractivity contribution >= 4 is 40.8 Å². The molecule has 0 aliphatic rings. The fourth-order valence-electron chi connectivity index (χ4n) is 0.795. The number of hydrogen-bond donors (Lipinski definition) is 1. The van der Waals surface area contributed by atoms with Crippen LogP contribution in [0.25, 0.3) is 0 Å². The van der Waals surface area contributed by atoms with Crippen molar-refractivity contribution in [1.82, 2.24) is 9.97 Å². The number of rotatable bonds is 1. The Labute approximate surface area is 94.8 Å². The van der Waals surface area contributed by atoms with E-state index in [2.05, 4.69) is 9.97 Å². The van der Waals surface area contributed by atoms with Gasteiger partial charge in [-0.15, -0.1) is 0 Å². The minimum atomic E-state index is -1.81. The summed E-state index contributed by atoms with van der Waals surface area (Å²) in [6.45, 7) is 1.56. The Kier molecular flexibility index (Phi) is 3.19. The van der Waals surface area contributed by atoms with E-state index in [9.17, 15) is 4.79 Å². The van der Waals surface area contributed by atoms with Gasteiger partial charge in [0.05, 0.1) is 0 Å². The zero-order chi connectivity index (χ0) is 10.9. The van der Waals surface area contributed by atoms with Gasteiger partial charge in [0.25, 0.3) is 0 Å². The fourth-order valence-corrected chi connectivity index (χ4v) is 1.07. The van der Waals surface area contributed by atoms with Gasteiger partial charge in [0.1, 0.15) is 0 Å². The number of hydrogen-bond acceptors (Lipinski definition) is 3. The van der Waals surface area contributed by atoms with E-state index in [0.717, 1.165) is 0 Å². The average Bonchev–Trinajstić information content (AvgIpc) is 2.02. The molecular formula is C7H5Cl3N2O2. The number of carboxylic acid groups (broad SMARTS) is 1. The highest BCUT2D eigenvalue weighted by Crippen LogP contribution is 2.35. The topological polar surface area (TPSA) is 63.1 Å². The first-order valence-electron chi connectivity index (χ1n) is 3.46. The van der Waals surface area contributed by atoms with Gasteiger partial charge in [-0.05, 0) is 6.92 Å². The Hall–Kier alpha value is -0.580. The van der Waals surface area contributed by atoms with Crippen LogP contribution in [0.4, 0.5) is 0 Å². The molecule has 0 saturated carbocycles. The molecule has 0 amide bonds. The summed E-state index contributed by atoms with van der Waals surface area (Å²) in [5.41, 5.74) is 0.247. The molecule has 14 heavy (non-hydrogen) atoms. The molecule has 1 rings (SSSR count). The van der Waals surface area contributed by atoms with E-state index in [-0.39, 0.29) is 11.5 Å². The Morgan fingerprint density at radius 2 is 2.07 bits per heavy atom. The van der Waals surface area contributed by atoms with Crippen LogP contribution in [0.1, 0.15) is 21.9 Å². The van der Waals surface area contributed by atoms with Crippen molar-refractivity contribution in [3.63, 3.8) is 0 Å². The third-order valence-corrected chi connectivity index (χ3v) is 1.93. The van der Waals surface area contributed by atoms with E-state index in [4.69, 9.17) is 39.9 Å². The zero-order valence-electron chi connectivity index (χ0n) is 6.96. The van der Waals surface area contributed by atoms with Crippen LogP contribution in [0, 0.1) is 6.92 Å². The van der Waals surface area contributed by atoms with Gasteiger partial charge < -0.3 is 5.11 Å². The lowest BCUT2D eigenvalue weighted by Crippen LogP contribution is -2.13. The second-order valence-corrected chi connectivity index (χ2v) is 4.81. The highest BCUT2D eigenvalue weighted by Gasteiger charge is 2.28. The molecule has 0 saturated heterocycles. The number of alkyl halides is 3. The van der Waals surface area contributed by atoms with Gasteiger partial charge in [-0.25, -0.2) is 14.8 Å². The standard InChI is InChI=1S/C7H5Cl3N2O2/c1-3-2-11-6(7(8,9)10)12-4(3)5(13)14/h2H,1H3,(H,13,14). The van der Waals surface area contributed by atoms with E-state index in [1.165, 1.54) is 6.20 Å². The number of nitrogens with zero attached hydrogens (tertiary/aromatic N) is 2. The smallest absolute Gasteiger partial charge is 0.354 e. The number of aryl methyl sites for hydroxylation is 1. The summed E-state index contributed by atoms with van der Waals surface area (Å²) in [4.78, 5) is 18.0. The summed E-state index contributed by atoms with van der Waals surface area (Å²) in [6, 6.07) is 0. The molecule has 1 N–H and O–H groups in total. The van der Waals surface area contributed by atoms with E-state index >= 15 is 0 Å². The molecule has 0 aliphatic carbocycles. The Balaban J connectivity index is 3.27. The van der Waals surface area contributed by atoms with Crippen molar-refractivity contribution in [2.45, 2.75) is 10.7 Å². The first-order valence-corrected chi connectivity index (χ1v) is 4.60. The summed E-state index contributed by atoms with van der Waals surface area (Å²) in [7, 11) is 0. The zero-order valence-corrected chi connectivity index (χ0v) is 9.23. The Morgan fingerprint density at radius 1 is 1.50 bits per heavy atom. The highest BCUT2D eigenvalue weighted by molar-refractivity contribution is 6.66. The van der Waals surface area contributed by atoms with E-state index in [1.807, 2.05) is 0 Å². The van der Waals surface area contributed by atoms with Gasteiger partial charge in [0.2, 0.25) is 3.79 Å². The maximum absolute atomic E-state index is 10.7. The van der Waals surface area contributed by atoms with Gasteiger partial charge in [-0.2, -0.15) is 0 Å². The lowest BCUT2D eigenvalue weighted by atomic mass is 10.2. The van der Waals surface area contributed by atoms with Crippen LogP contribution in [0.2, 0.25) is 0 Å². The molecule has 0 atom stereocenters. The largest absolute Gasteiger partial charge is 0.477 e. The first kappa shape index (κ1) is 11.5. The SMILES string of the molecule is Cc1cnc(C(Cl)(Cl)Cl)nc1C(=O)O. The summed E-state index contributed by atoms with van der Waals surface area (Å²) in [5, 5.41) is 8.74. The quantitative estimate of drug-likeness (QED) is 0.782. The number of carbonyl (C=O) groups is 1. The van der Waals surface area contributed by atoms with Crippen LogP contribution in [-0.2, 0) is 3.79 Å². The summed E-state index contributed by atoms with van der Waals surface area (Å²) < 4.78 is -1.81. The van der Waals surface area contributed by atoms with E-state index < -0.39 is 9.76 Å². The second kappa shape index (κ2) is 3.88. The van der Waals surface area contributed by atoms with Crippen molar-refractivity contribution in [3.8, 4) is 0 Å². The molecule has 0 bridgehead atoms. The van der Waals surface area contributed by atoms with E-state index in [1.54, 1.807) is 6.92 Å². The van der Waals surface area contributed by atoms with Crippen LogP contribution in [-0.4, -0.2) is 21.0 Å². The van der Waals surface area contributed by atoms with Crippen LogP contribution in [0.3, 0.4) is 0 Å². The molecule has 4 nitrogen and oxygen atoms in total. The number of aromatic nitrogens is 2. The van der Waals surface area contributed by atoms with Crippen molar-refractivity contribution < 1.29 is 9.90 Å². The monoisotopic (exact) mass is 254 g/mol. The Bertz CT molecular complexity index is 376. The molecule has 0 fully saturated rings. The van der Waals surface area contributed by atoms with Crippen LogP contribution in [0.5, 0.6) is 0 Å². The highest BCUT2D eigenvalue weighted by atomic mass is 35.6. The van der Waals surface area contributed by atoms with Gasteiger partial charge in [-0.3, -0.25) is 0 Å². The average molecular weight is 255 g/mol. The summed E-state index contributed by atoms with van der Waals surface area (Å²) in [5.74, 6) is -1.33. The predicted octanol–water partition coefficient (Wildman–Crippen LogP) is 2.31. The third-order valence-electron chi connectivity index (χ3n) is 1.43. The Morgan fingerprint density at radius 3 is 2.50 bits per heavy atom.